The molecule has 0 spiro atoms. The summed E-state index contributed by atoms with van der Waals surface area (Å²) in [5, 5.41) is 0. The van der Waals surface area contributed by atoms with Gasteiger partial charge in [-0.3, -0.25) is 9.78 Å². The Kier molecular flexibility index (Phi) is 5.99. The van der Waals surface area contributed by atoms with E-state index in [4.69, 9.17) is 4.98 Å². The van der Waals surface area contributed by atoms with Crippen molar-refractivity contribution in [2.45, 2.75) is 25.2 Å². The molecule has 1 aliphatic heterocycles. The van der Waals surface area contributed by atoms with Crippen molar-refractivity contribution in [1.82, 2.24) is 14.8 Å². The second-order valence-corrected chi connectivity index (χ2v) is 7.25. The Morgan fingerprint density at radius 2 is 1.92 bits per heavy atom. The zero-order chi connectivity index (χ0) is 18.5. The molecule has 4 nitrogen and oxygen atoms in total. The number of carbonyl (C=O) groups excluding carboxylic acids is 1. The molecule has 2 aromatic rings. The lowest BCUT2D eigenvalue weighted by Gasteiger charge is -2.32. The van der Waals surface area contributed by atoms with Crippen molar-refractivity contribution >= 4 is 5.91 Å². The number of likely N-dealkylation sites (N-methyl/N-ethyl adjacent to an activating group) is 1. The van der Waals surface area contributed by atoms with Gasteiger partial charge in [0.25, 0.3) is 0 Å². The normalized spacial score (nSPS) is 15.5. The van der Waals surface area contributed by atoms with Gasteiger partial charge in [-0.2, -0.15) is 0 Å². The number of carbonyl (C=O) groups is 1. The fourth-order valence-corrected chi connectivity index (χ4v) is 3.48. The maximum Gasteiger partial charge on any atom is 0.236 e. The first-order chi connectivity index (χ1) is 12.5. The Morgan fingerprint density at radius 3 is 2.62 bits per heavy atom. The zero-order valence-corrected chi connectivity index (χ0v) is 15.5. The lowest BCUT2D eigenvalue weighted by molar-refractivity contribution is -0.132. The van der Waals surface area contributed by atoms with Crippen LogP contribution in [0.5, 0.6) is 0 Å². The van der Waals surface area contributed by atoms with Crippen LogP contribution in [-0.4, -0.2) is 54.4 Å². The van der Waals surface area contributed by atoms with E-state index in [0.29, 0.717) is 18.9 Å². The molecule has 0 N–H and O–H groups in total. The maximum absolute atomic E-state index is 13.4. The molecule has 5 heteroatoms. The summed E-state index contributed by atoms with van der Waals surface area (Å²) in [6, 6.07) is 12.8. The van der Waals surface area contributed by atoms with Gasteiger partial charge in [0.2, 0.25) is 5.91 Å². The molecule has 1 fully saturated rings. The monoisotopic (exact) mass is 355 g/mol. The van der Waals surface area contributed by atoms with E-state index in [1.165, 1.54) is 6.07 Å². The Bertz CT molecular complexity index is 754. The number of nitrogens with zero attached hydrogens (tertiary/aromatic N) is 3. The van der Waals surface area contributed by atoms with Gasteiger partial charge in [0.1, 0.15) is 5.82 Å². The predicted molar refractivity (Wildman–Crippen MR) is 101 cm³/mol. The van der Waals surface area contributed by atoms with E-state index >= 15 is 0 Å². The molecule has 0 atom stereocenters. The summed E-state index contributed by atoms with van der Waals surface area (Å²) in [4.78, 5) is 20.8. The maximum atomic E-state index is 13.4. The number of piperidine rings is 1. The predicted octanol–water partition coefficient (Wildman–Crippen LogP) is 3.08. The summed E-state index contributed by atoms with van der Waals surface area (Å²) in [6.07, 6.45) is 2.51. The summed E-state index contributed by atoms with van der Waals surface area (Å²) in [7, 11) is 3.83. The van der Waals surface area contributed by atoms with Gasteiger partial charge in [0.15, 0.2) is 0 Å². The highest BCUT2D eigenvalue weighted by Gasteiger charge is 2.24. The van der Waals surface area contributed by atoms with E-state index in [1.807, 2.05) is 42.1 Å². The van der Waals surface area contributed by atoms with Crippen molar-refractivity contribution in [3.05, 3.63) is 65.2 Å². The lowest BCUT2D eigenvalue weighted by atomic mass is 9.92. The molecule has 3 rings (SSSR count). The topological polar surface area (TPSA) is 36.4 Å². The highest BCUT2D eigenvalue weighted by atomic mass is 19.1. The van der Waals surface area contributed by atoms with Gasteiger partial charge in [0.05, 0.1) is 6.54 Å². The number of amides is 1. The molecule has 1 aromatic heterocycles. The second kappa shape index (κ2) is 8.41. The van der Waals surface area contributed by atoms with Crippen LogP contribution in [0.3, 0.4) is 0 Å². The number of hydrogen-bond donors (Lipinski definition) is 0. The highest BCUT2D eigenvalue weighted by molar-refractivity contribution is 5.78. The first-order valence-corrected chi connectivity index (χ1v) is 9.14. The van der Waals surface area contributed by atoms with E-state index in [2.05, 4.69) is 6.07 Å². The second-order valence-electron chi connectivity index (χ2n) is 7.25. The highest BCUT2D eigenvalue weighted by Crippen LogP contribution is 2.27. The number of hydrogen-bond acceptors (Lipinski definition) is 3. The largest absolute Gasteiger partial charge is 0.342 e. The summed E-state index contributed by atoms with van der Waals surface area (Å²) < 4.78 is 13.4. The summed E-state index contributed by atoms with van der Waals surface area (Å²) in [5.74, 6) is 0.362. The Labute approximate surface area is 154 Å². The molecule has 1 saturated heterocycles. The Balaban J connectivity index is 1.61. The van der Waals surface area contributed by atoms with Crippen LogP contribution in [0.2, 0.25) is 0 Å². The molecule has 1 aromatic carbocycles. The minimum absolute atomic E-state index is 0.196. The number of aromatic nitrogens is 1. The van der Waals surface area contributed by atoms with Crippen molar-refractivity contribution in [2.75, 3.05) is 33.7 Å². The molecule has 138 valence electrons. The molecule has 1 amide bonds. The van der Waals surface area contributed by atoms with Crippen LogP contribution in [0.4, 0.5) is 4.39 Å². The average molecular weight is 355 g/mol. The van der Waals surface area contributed by atoms with Gasteiger partial charge in [-0.1, -0.05) is 18.2 Å². The molecule has 1 aliphatic rings. The molecule has 0 bridgehead atoms. The van der Waals surface area contributed by atoms with E-state index in [-0.39, 0.29) is 11.7 Å². The minimum atomic E-state index is -0.214. The van der Waals surface area contributed by atoms with E-state index in [9.17, 15) is 9.18 Å². The third-order valence-electron chi connectivity index (χ3n) is 4.82. The number of pyridine rings is 1. The van der Waals surface area contributed by atoms with Gasteiger partial charge < -0.3 is 9.80 Å². The number of rotatable bonds is 5. The molecule has 2 heterocycles. The van der Waals surface area contributed by atoms with Crippen molar-refractivity contribution in [2.24, 2.45) is 0 Å². The summed E-state index contributed by atoms with van der Waals surface area (Å²) in [6.45, 7) is 2.03. The smallest absolute Gasteiger partial charge is 0.236 e. The number of halogens is 1. The fraction of sp³-hybridized carbons (Fsp3) is 0.429. The summed E-state index contributed by atoms with van der Waals surface area (Å²) >= 11 is 0. The molecule has 0 saturated carbocycles. The molecule has 0 unspecified atom stereocenters. The molecule has 26 heavy (non-hydrogen) atoms. The zero-order valence-electron chi connectivity index (χ0n) is 15.5. The lowest BCUT2D eigenvalue weighted by Crippen LogP contribution is -2.42. The van der Waals surface area contributed by atoms with Crippen LogP contribution < -0.4 is 0 Å². The average Bonchev–Trinajstić information content (AvgIpc) is 2.61. The van der Waals surface area contributed by atoms with Crippen LogP contribution in [-0.2, 0) is 11.2 Å². The third kappa shape index (κ3) is 4.88. The van der Waals surface area contributed by atoms with E-state index in [0.717, 1.165) is 42.9 Å². The number of likely N-dealkylation sites (tertiary alicyclic amines) is 1. The van der Waals surface area contributed by atoms with Crippen LogP contribution in [0, 0.1) is 5.82 Å². The first kappa shape index (κ1) is 18.5. The van der Waals surface area contributed by atoms with Crippen molar-refractivity contribution in [1.29, 1.82) is 0 Å². The molecule has 0 radical (unpaired) electrons. The SMILES string of the molecule is CN(C)CC(=O)N1CCC(c2cccc(Cc3cccc(F)c3)n2)CC1. The standard InChI is InChI=1S/C21H26FN3O/c1-24(2)15-21(26)25-11-9-17(10-12-25)20-8-4-7-19(23-20)14-16-5-3-6-18(22)13-16/h3-8,13,17H,9-12,14-15H2,1-2H3. The summed E-state index contributed by atoms with van der Waals surface area (Å²) in [5.41, 5.74) is 2.97. The van der Waals surface area contributed by atoms with E-state index in [1.54, 1.807) is 12.1 Å². The Hall–Kier alpha value is -2.27. The first-order valence-electron chi connectivity index (χ1n) is 9.14. The third-order valence-corrected chi connectivity index (χ3v) is 4.82. The van der Waals surface area contributed by atoms with Gasteiger partial charge in [-0.05, 0) is 56.8 Å². The van der Waals surface area contributed by atoms with E-state index < -0.39 is 0 Å². The van der Waals surface area contributed by atoms with Crippen molar-refractivity contribution in [3.8, 4) is 0 Å². The van der Waals surface area contributed by atoms with Crippen LogP contribution in [0.15, 0.2) is 42.5 Å². The molecular formula is C21H26FN3O. The number of benzene rings is 1. The van der Waals surface area contributed by atoms with Gasteiger partial charge >= 0.3 is 0 Å². The Morgan fingerprint density at radius 1 is 1.19 bits per heavy atom. The van der Waals surface area contributed by atoms with Crippen molar-refractivity contribution in [3.63, 3.8) is 0 Å². The van der Waals surface area contributed by atoms with Gasteiger partial charge in [0, 0.05) is 36.8 Å². The van der Waals surface area contributed by atoms with Crippen LogP contribution in [0.25, 0.3) is 0 Å². The minimum Gasteiger partial charge on any atom is -0.342 e. The van der Waals surface area contributed by atoms with Crippen molar-refractivity contribution < 1.29 is 9.18 Å². The van der Waals surface area contributed by atoms with Gasteiger partial charge in [-0.25, -0.2) is 4.39 Å². The molecular weight excluding hydrogens is 329 g/mol. The molecule has 0 aliphatic carbocycles. The van der Waals surface area contributed by atoms with Gasteiger partial charge in [-0.15, -0.1) is 0 Å². The van der Waals surface area contributed by atoms with Crippen LogP contribution in [0.1, 0.15) is 35.7 Å². The quantitative estimate of drug-likeness (QED) is 0.827. The van der Waals surface area contributed by atoms with Crippen LogP contribution >= 0.6 is 0 Å². The fourth-order valence-electron chi connectivity index (χ4n) is 3.48.